The number of hydrogen-bond donors (Lipinski definition) is 0. The van der Waals surface area contributed by atoms with Gasteiger partial charge in [0.25, 0.3) is 5.91 Å². The van der Waals surface area contributed by atoms with Gasteiger partial charge in [-0.2, -0.15) is 0 Å². The predicted molar refractivity (Wildman–Crippen MR) is 117 cm³/mol. The molecular weight excluding hydrogens is 394 g/mol. The first kappa shape index (κ1) is 20.7. The summed E-state index contributed by atoms with van der Waals surface area (Å²) in [6.45, 7) is 3.88. The molecule has 31 heavy (non-hydrogen) atoms. The van der Waals surface area contributed by atoms with Gasteiger partial charge in [0.05, 0.1) is 12.2 Å². The minimum Gasteiger partial charge on any atom is -0.459 e. The zero-order valence-electron chi connectivity index (χ0n) is 17.5. The van der Waals surface area contributed by atoms with E-state index in [0.29, 0.717) is 38.3 Å². The fraction of sp³-hybridized carbons (Fsp3) is 0.292. The van der Waals surface area contributed by atoms with Crippen LogP contribution in [0, 0.1) is 0 Å². The normalized spacial score (nSPS) is 14.0. The number of piperazine rings is 1. The van der Waals surface area contributed by atoms with Crippen molar-refractivity contribution in [2.24, 2.45) is 0 Å². The van der Waals surface area contributed by atoms with E-state index < -0.39 is 11.9 Å². The summed E-state index contributed by atoms with van der Waals surface area (Å²) in [7, 11) is 0. The summed E-state index contributed by atoms with van der Waals surface area (Å²) in [4.78, 5) is 40.3. The molecule has 7 heteroatoms. The monoisotopic (exact) mass is 419 g/mol. The quantitative estimate of drug-likeness (QED) is 0.481. The fourth-order valence-electron chi connectivity index (χ4n) is 3.93. The Balaban J connectivity index is 1.51. The molecule has 1 aromatic heterocycles. The number of amides is 2. The first-order chi connectivity index (χ1) is 15.1. The number of carbonyl (C=O) groups is 3. The molecule has 0 spiro atoms. The summed E-state index contributed by atoms with van der Waals surface area (Å²) >= 11 is 0. The lowest BCUT2D eigenvalue weighted by molar-refractivity contribution is -0.160. The highest BCUT2D eigenvalue weighted by molar-refractivity contribution is 6.32. The third kappa shape index (κ3) is 4.30. The number of nitrogens with zero attached hydrogens (tertiary/aromatic N) is 3. The Bertz CT molecular complexity index is 1100. The number of esters is 1. The van der Waals surface area contributed by atoms with Crippen molar-refractivity contribution in [1.29, 1.82) is 0 Å². The lowest BCUT2D eigenvalue weighted by Crippen LogP contribution is -2.52. The first-order valence-corrected chi connectivity index (χ1v) is 10.5. The van der Waals surface area contributed by atoms with Gasteiger partial charge in [-0.05, 0) is 18.6 Å². The summed E-state index contributed by atoms with van der Waals surface area (Å²) < 4.78 is 6.88. The summed E-state index contributed by atoms with van der Waals surface area (Å²) in [5.74, 6) is -1.55. The molecule has 2 heterocycles. The molecule has 160 valence electrons. The van der Waals surface area contributed by atoms with Gasteiger partial charge < -0.3 is 19.1 Å². The predicted octanol–water partition coefficient (Wildman–Crippen LogP) is 2.54. The SMILES string of the molecule is CCOC(=O)C(=O)N1CCN(C(=O)c2cn(Cc3ccccc3)c3ccccc23)CC1. The van der Waals surface area contributed by atoms with Gasteiger partial charge in [-0.15, -0.1) is 0 Å². The van der Waals surface area contributed by atoms with Crippen LogP contribution in [0.2, 0.25) is 0 Å². The Morgan fingerprint density at radius 3 is 2.23 bits per heavy atom. The zero-order valence-corrected chi connectivity index (χ0v) is 17.5. The van der Waals surface area contributed by atoms with E-state index in [1.807, 2.05) is 48.7 Å². The van der Waals surface area contributed by atoms with Crippen molar-refractivity contribution in [2.75, 3.05) is 32.8 Å². The van der Waals surface area contributed by atoms with Crippen molar-refractivity contribution in [3.63, 3.8) is 0 Å². The van der Waals surface area contributed by atoms with Gasteiger partial charge in [0.2, 0.25) is 0 Å². The number of ether oxygens (including phenoxy) is 1. The third-order valence-electron chi connectivity index (χ3n) is 5.52. The molecular formula is C24H25N3O4. The summed E-state index contributed by atoms with van der Waals surface area (Å²) in [6, 6.07) is 18.0. The van der Waals surface area contributed by atoms with Gasteiger partial charge in [0.15, 0.2) is 0 Å². The summed E-state index contributed by atoms with van der Waals surface area (Å²) in [5.41, 5.74) is 2.82. The Labute approximate surface area is 180 Å². The molecule has 0 atom stereocenters. The second-order valence-corrected chi connectivity index (χ2v) is 7.48. The van der Waals surface area contributed by atoms with E-state index in [0.717, 1.165) is 16.5 Å². The molecule has 0 bridgehead atoms. The Morgan fingerprint density at radius 1 is 0.871 bits per heavy atom. The molecule has 2 aromatic carbocycles. The molecule has 3 aromatic rings. The van der Waals surface area contributed by atoms with Crippen LogP contribution in [0.3, 0.4) is 0 Å². The number of carbonyl (C=O) groups excluding carboxylic acids is 3. The number of benzene rings is 2. The lowest BCUT2D eigenvalue weighted by Gasteiger charge is -2.34. The van der Waals surface area contributed by atoms with Crippen LogP contribution in [-0.4, -0.2) is 64.9 Å². The van der Waals surface area contributed by atoms with Crippen LogP contribution in [0.25, 0.3) is 10.9 Å². The molecule has 1 aliphatic heterocycles. The van der Waals surface area contributed by atoms with Crippen molar-refractivity contribution in [2.45, 2.75) is 13.5 Å². The second kappa shape index (κ2) is 9.04. The van der Waals surface area contributed by atoms with E-state index in [4.69, 9.17) is 4.74 Å². The topological polar surface area (TPSA) is 71.9 Å². The van der Waals surface area contributed by atoms with Crippen LogP contribution in [0.15, 0.2) is 60.8 Å². The van der Waals surface area contributed by atoms with Crippen LogP contribution in [0.5, 0.6) is 0 Å². The maximum Gasteiger partial charge on any atom is 0.397 e. The average molecular weight is 419 g/mol. The Kier molecular flexibility index (Phi) is 6.02. The highest BCUT2D eigenvalue weighted by Crippen LogP contribution is 2.24. The fourth-order valence-corrected chi connectivity index (χ4v) is 3.93. The third-order valence-corrected chi connectivity index (χ3v) is 5.52. The minimum atomic E-state index is -0.841. The highest BCUT2D eigenvalue weighted by Gasteiger charge is 2.30. The standard InChI is InChI=1S/C24H25N3O4/c1-2-31-24(30)23(29)26-14-12-25(13-15-26)22(28)20-17-27(16-18-8-4-3-5-9-18)21-11-7-6-10-19(20)21/h3-11,17H,2,12-16H2,1H3. The Hall–Kier alpha value is -3.61. The molecule has 0 N–H and O–H groups in total. The molecule has 0 unspecified atom stereocenters. The van der Waals surface area contributed by atoms with Gasteiger partial charge >= 0.3 is 11.9 Å². The van der Waals surface area contributed by atoms with Crippen LogP contribution in [-0.2, 0) is 20.9 Å². The van der Waals surface area contributed by atoms with Crippen molar-refractivity contribution in [1.82, 2.24) is 14.4 Å². The maximum absolute atomic E-state index is 13.3. The molecule has 2 amide bonds. The molecule has 1 fully saturated rings. The molecule has 0 aliphatic carbocycles. The Morgan fingerprint density at radius 2 is 1.52 bits per heavy atom. The number of hydrogen-bond acceptors (Lipinski definition) is 4. The number of rotatable bonds is 4. The smallest absolute Gasteiger partial charge is 0.397 e. The van der Waals surface area contributed by atoms with E-state index in [1.165, 1.54) is 4.90 Å². The molecule has 0 saturated carbocycles. The average Bonchev–Trinajstić information content (AvgIpc) is 3.17. The lowest BCUT2D eigenvalue weighted by atomic mass is 10.1. The van der Waals surface area contributed by atoms with Gasteiger partial charge in [0, 0.05) is 49.8 Å². The number of fused-ring (bicyclic) bond motifs is 1. The molecule has 1 aliphatic rings. The summed E-state index contributed by atoms with van der Waals surface area (Å²) in [6.07, 6.45) is 1.91. The van der Waals surface area contributed by atoms with Gasteiger partial charge in [-0.1, -0.05) is 48.5 Å². The van der Waals surface area contributed by atoms with E-state index in [2.05, 4.69) is 16.7 Å². The van der Waals surface area contributed by atoms with E-state index in [-0.39, 0.29) is 12.5 Å². The van der Waals surface area contributed by atoms with Crippen LogP contribution in [0.1, 0.15) is 22.8 Å². The number of para-hydroxylation sites is 1. The molecule has 7 nitrogen and oxygen atoms in total. The van der Waals surface area contributed by atoms with Crippen molar-refractivity contribution in [3.05, 3.63) is 71.9 Å². The van der Waals surface area contributed by atoms with E-state index in [1.54, 1.807) is 11.8 Å². The van der Waals surface area contributed by atoms with Crippen LogP contribution < -0.4 is 0 Å². The van der Waals surface area contributed by atoms with Crippen molar-refractivity contribution < 1.29 is 19.1 Å². The van der Waals surface area contributed by atoms with E-state index >= 15 is 0 Å². The molecule has 1 saturated heterocycles. The molecule has 0 radical (unpaired) electrons. The molecule has 4 rings (SSSR count). The van der Waals surface area contributed by atoms with Gasteiger partial charge in [-0.3, -0.25) is 9.59 Å². The van der Waals surface area contributed by atoms with Crippen molar-refractivity contribution >= 4 is 28.7 Å². The second-order valence-electron chi connectivity index (χ2n) is 7.48. The minimum absolute atomic E-state index is 0.0637. The van der Waals surface area contributed by atoms with Gasteiger partial charge in [-0.25, -0.2) is 4.79 Å². The van der Waals surface area contributed by atoms with Gasteiger partial charge in [0.1, 0.15) is 0 Å². The number of aromatic nitrogens is 1. The highest BCUT2D eigenvalue weighted by atomic mass is 16.5. The van der Waals surface area contributed by atoms with Crippen molar-refractivity contribution in [3.8, 4) is 0 Å². The maximum atomic E-state index is 13.3. The van der Waals surface area contributed by atoms with E-state index in [9.17, 15) is 14.4 Å². The van der Waals surface area contributed by atoms with Crippen LogP contribution in [0.4, 0.5) is 0 Å². The first-order valence-electron chi connectivity index (χ1n) is 10.5. The van der Waals surface area contributed by atoms with Crippen LogP contribution >= 0.6 is 0 Å². The zero-order chi connectivity index (χ0) is 21.8. The largest absolute Gasteiger partial charge is 0.459 e. The summed E-state index contributed by atoms with van der Waals surface area (Å²) in [5, 5.41) is 0.911.